The highest BCUT2D eigenvalue weighted by Gasteiger charge is 2.26. The standard InChI is InChI=1S/C19H20Cl2N2O3S/c1-2-7-27(25,26)23-6-5-13-3-4-18(10-15(13)12-23)22-19(24)14-8-16(20)11-17(21)9-14/h3-4,8-11H,2,5-7,12H2,1H3,(H,22,24). The first-order chi connectivity index (χ1) is 12.8. The highest BCUT2D eigenvalue weighted by Crippen LogP contribution is 2.26. The van der Waals surface area contributed by atoms with Crippen LogP contribution in [-0.2, 0) is 23.0 Å². The van der Waals surface area contributed by atoms with Crippen molar-refractivity contribution in [3.63, 3.8) is 0 Å². The highest BCUT2D eigenvalue weighted by atomic mass is 35.5. The Labute approximate surface area is 169 Å². The fraction of sp³-hybridized carbons (Fsp3) is 0.316. The molecule has 1 aliphatic rings. The lowest BCUT2D eigenvalue weighted by molar-refractivity contribution is 0.102. The van der Waals surface area contributed by atoms with Gasteiger partial charge in [0.15, 0.2) is 0 Å². The maximum Gasteiger partial charge on any atom is 0.255 e. The Morgan fingerprint density at radius 3 is 2.48 bits per heavy atom. The second kappa shape index (κ2) is 8.19. The molecule has 0 fully saturated rings. The third-order valence-electron chi connectivity index (χ3n) is 4.42. The van der Waals surface area contributed by atoms with E-state index < -0.39 is 10.0 Å². The number of benzene rings is 2. The molecule has 0 aromatic heterocycles. The van der Waals surface area contributed by atoms with Crippen molar-refractivity contribution in [1.29, 1.82) is 0 Å². The Morgan fingerprint density at radius 1 is 1.11 bits per heavy atom. The number of nitrogens with one attached hydrogen (secondary N) is 1. The fourth-order valence-corrected chi connectivity index (χ4v) is 5.13. The van der Waals surface area contributed by atoms with Gasteiger partial charge in [-0.05, 0) is 54.3 Å². The topological polar surface area (TPSA) is 66.5 Å². The number of rotatable bonds is 5. The summed E-state index contributed by atoms with van der Waals surface area (Å²) in [5.74, 6) is -0.181. The molecule has 8 heteroatoms. The van der Waals surface area contributed by atoms with Gasteiger partial charge in [0.25, 0.3) is 5.91 Å². The summed E-state index contributed by atoms with van der Waals surface area (Å²) in [6.07, 6.45) is 1.25. The number of nitrogens with zero attached hydrogens (tertiary/aromatic N) is 1. The number of hydrogen-bond acceptors (Lipinski definition) is 3. The van der Waals surface area contributed by atoms with Crippen molar-refractivity contribution < 1.29 is 13.2 Å². The van der Waals surface area contributed by atoms with Crippen LogP contribution in [-0.4, -0.2) is 30.9 Å². The molecule has 0 saturated carbocycles. The molecule has 1 amide bonds. The normalized spacial score (nSPS) is 14.6. The molecule has 27 heavy (non-hydrogen) atoms. The lowest BCUT2D eigenvalue weighted by atomic mass is 10.0. The molecule has 2 aromatic carbocycles. The first-order valence-electron chi connectivity index (χ1n) is 8.65. The third kappa shape index (κ3) is 4.82. The molecule has 144 valence electrons. The van der Waals surface area contributed by atoms with Gasteiger partial charge >= 0.3 is 0 Å². The zero-order valence-electron chi connectivity index (χ0n) is 14.8. The van der Waals surface area contributed by atoms with Crippen molar-refractivity contribution in [1.82, 2.24) is 4.31 Å². The Morgan fingerprint density at radius 2 is 1.81 bits per heavy atom. The Kier molecular flexibility index (Phi) is 6.11. The van der Waals surface area contributed by atoms with Gasteiger partial charge in [0.1, 0.15) is 0 Å². The molecule has 1 N–H and O–H groups in total. The second-order valence-electron chi connectivity index (χ2n) is 6.50. The van der Waals surface area contributed by atoms with Gasteiger partial charge in [0, 0.05) is 34.4 Å². The third-order valence-corrected chi connectivity index (χ3v) is 6.88. The predicted molar refractivity (Wildman–Crippen MR) is 109 cm³/mol. The molecule has 1 heterocycles. The van der Waals surface area contributed by atoms with Gasteiger partial charge < -0.3 is 5.32 Å². The Bertz CT molecular complexity index is 957. The quantitative estimate of drug-likeness (QED) is 0.772. The number of amides is 1. The van der Waals surface area contributed by atoms with Crippen molar-refractivity contribution in [2.24, 2.45) is 0 Å². The average molecular weight is 427 g/mol. The number of carbonyl (C=O) groups is 1. The van der Waals surface area contributed by atoms with Crippen molar-refractivity contribution in [3.8, 4) is 0 Å². The van der Waals surface area contributed by atoms with E-state index in [1.165, 1.54) is 4.31 Å². The van der Waals surface area contributed by atoms with Crippen molar-refractivity contribution >= 4 is 44.8 Å². The van der Waals surface area contributed by atoms with Crippen LogP contribution in [0.4, 0.5) is 5.69 Å². The van der Waals surface area contributed by atoms with Gasteiger partial charge in [-0.2, -0.15) is 4.31 Å². The van der Waals surface area contributed by atoms with Crippen LogP contribution in [0.2, 0.25) is 10.0 Å². The summed E-state index contributed by atoms with van der Waals surface area (Å²) in [6.45, 7) is 2.66. The van der Waals surface area contributed by atoms with E-state index in [1.807, 2.05) is 25.1 Å². The summed E-state index contributed by atoms with van der Waals surface area (Å²) in [7, 11) is -3.25. The summed E-state index contributed by atoms with van der Waals surface area (Å²) in [5, 5.41) is 3.59. The molecule has 5 nitrogen and oxygen atoms in total. The lowest BCUT2D eigenvalue weighted by Crippen LogP contribution is -2.37. The molecule has 1 aliphatic heterocycles. The number of fused-ring (bicyclic) bond motifs is 1. The predicted octanol–water partition coefficient (Wildman–Crippen LogP) is 4.34. The smallest absolute Gasteiger partial charge is 0.255 e. The zero-order chi connectivity index (χ0) is 19.6. The SMILES string of the molecule is CCCS(=O)(=O)N1CCc2ccc(NC(=O)c3cc(Cl)cc(Cl)c3)cc2C1. The van der Waals surface area contributed by atoms with Crippen LogP contribution in [0.15, 0.2) is 36.4 Å². The van der Waals surface area contributed by atoms with Crippen molar-refractivity contribution in [3.05, 3.63) is 63.1 Å². The minimum atomic E-state index is -3.25. The van der Waals surface area contributed by atoms with E-state index in [1.54, 1.807) is 18.2 Å². The largest absolute Gasteiger partial charge is 0.322 e. The average Bonchev–Trinajstić information content (AvgIpc) is 2.60. The Balaban J connectivity index is 1.79. The summed E-state index contributed by atoms with van der Waals surface area (Å²) in [5.41, 5.74) is 2.96. The number of hydrogen-bond donors (Lipinski definition) is 1. The molecule has 2 aromatic rings. The maximum atomic E-state index is 12.5. The van der Waals surface area contributed by atoms with Crippen LogP contribution >= 0.6 is 23.2 Å². The molecule has 0 unspecified atom stereocenters. The molecule has 0 atom stereocenters. The minimum absolute atomic E-state index is 0.147. The van der Waals surface area contributed by atoms with Crippen molar-refractivity contribution in [2.75, 3.05) is 17.6 Å². The van der Waals surface area contributed by atoms with Gasteiger partial charge in [-0.3, -0.25) is 4.79 Å². The first-order valence-corrected chi connectivity index (χ1v) is 11.0. The van der Waals surface area contributed by atoms with E-state index in [0.29, 0.717) is 47.2 Å². The van der Waals surface area contributed by atoms with Gasteiger partial charge in [-0.1, -0.05) is 36.2 Å². The fourth-order valence-electron chi connectivity index (χ4n) is 3.12. The maximum absolute atomic E-state index is 12.5. The highest BCUT2D eigenvalue weighted by molar-refractivity contribution is 7.89. The number of sulfonamides is 1. The molecule has 0 bridgehead atoms. The van der Waals surface area contributed by atoms with Crippen LogP contribution in [0.3, 0.4) is 0 Å². The van der Waals surface area contributed by atoms with E-state index in [0.717, 1.165) is 11.1 Å². The molecule has 0 aliphatic carbocycles. The molecule has 0 radical (unpaired) electrons. The molecule has 3 rings (SSSR count). The van der Waals surface area contributed by atoms with Crippen LogP contribution in [0, 0.1) is 0 Å². The van der Waals surface area contributed by atoms with Gasteiger partial charge in [0.05, 0.1) is 5.75 Å². The second-order valence-corrected chi connectivity index (χ2v) is 9.46. The van der Waals surface area contributed by atoms with E-state index in [9.17, 15) is 13.2 Å². The van der Waals surface area contributed by atoms with E-state index in [-0.39, 0.29) is 11.7 Å². The number of anilines is 1. The van der Waals surface area contributed by atoms with E-state index >= 15 is 0 Å². The summed E-state index contributed by atoms with van der Waals surface area (Å²) in [6, 6.07) is 10.2. The molecule has 0 saturated heterocycles. The van der Waals surface area contributed by atoms with Crippen LogP contribution in [0.25, 0.3) is 0 Å². The Hall–Kier alpha value is -1.60. The minimum Gasteiger partial charge on any atom is -0.322 e. The van der Waals surface area contributed by atoms with Crippen LogP contribution < -0.4 is 5.32 Å². The van der Waals surface area contributed by atoms with E-state index in [2.05, 4.69) is 5.32 Å². The molecular weight excluding hydrogens is 407 g/mol. The van der Waals surface area contributed by atoms with Gasteiger partial charge in [0.2, 0.25) is 10.0 Å². The molecular formula is C19H20Cl2N2O3S. The first kappa shape index (κ1) is 20.1. The summed E-state index contributed by atoms with van der Waals surface area (Å²) in [4.78, 5) is 12.5. The van der Waals surface area contributed by atoms with Gasteiger partial charge in [-0.25, -0.2) is 8.42 Å². The van der Waals surface area contributed by atoms with Crippen LogP contribution in [0.5, 0.6) is 0 Å². The van der Waals surface area contributed by atoms with E-state index in [4.69, 9.17) is 23.2 Å². The monoisotopic (exact) mass is 426 g/mol. The summed E-state index contributed by atoms with van der Waals surface area (Å²) < 4.78 is 26.2. The molecule has 0 spiro atoms. The summed E-state index contributed by atoms with van der Waals surface area (Å²) >= 11 is 11.9. The van der Waals surface area contributed by atoms with Crippen LogP contribution in [0.1, 0.15) is 34.8 Å². The van der Waals surface area contributed by atoms with Crippen molar-refractivity contribution in [2.45, 2.75) is 26.3 Å². The number of halogens is 2. The zero-order valence-corrected chi connectivity index (χ0v) is 17.2. The van der Waals surface area contributed by atoms with Gasteiger partial charge in [-0.15, -0.1) is 0 Å². The number of carbonyl (C=O) groups excluding carboxylic acids is 1. The lowest BCUT2D eigenvalue weighted by Gasteiger charge is -2.28.